The minimum Gasteiger partial charge on any atom is -0.370 e. The molecule has 2 aromatic heterocycles. The first-order valence-electron chi connectivity index (χ1n) is 8.97. The van der Waals surface area contributed by atoms with E-state index in [2.05, 4.69) is 15.2 Å². The van der Waals surface area contributed by atoms with Gasteiger partial charge in [0.2, 0.25) is 0 Å². The van der Waals surface area contributed by atoms with Crippen molar-refractivity contribution < 1.29 is 4.39 Å². The molecule has 1 aromatic carbocycles. The number of nitrogens with zero attached hydrogens (tertiary/aromatic N) is 3. The number of H-pyrrole nitrogens is 1. The zero-order valence-corrected chi connectivity index (χ0v) is 14.8. The Morgan fingerprint density at radius 2 is 1.74 bits per heavy atom. The van der Waals surface area contributed by atoms with Crippen LogP contribution in [0.2, 0.25) is 0 Å². The molecule has 1 aliphatic heterocycles. The molecular formula is C20H21FN6. The van der Waals surface area contributed by atoms with E-state index in [0.29, 0.717) is 5.92 Å². The lowest BCUT2D eigenvalue weighted by molar-refractivity contribution is 0.306. The molecule has 0 amide bonds. The summed E-state index contributed by atoms with van der Waals surface area (Å²) in [7, 11) is 0. The van der Waals surface area contributed by atoms with Crippen molar-refractivity contribution in [3.8, 4) is 22.4 Å². The predicted molar refractivity (Wildman–Crippen MR) is 103 cm³/mol. The number of nitrogens with two attached hydrogens (primary N) is 1. The summed E-state index contributed by atoms with van der Waals surface area (Å²) in [6.07, 6.45) is 5.31. The van der Waals surface area contributed by atoms with Crippen LogP contribution in [-0.2, 0) is 0 Å². The van der Waals surface area contributed by atoms with Gasteiger partial charge in [-0.15, -0.1) is 0 Å². The van der Waals surface area contributed by atoms with Gasteiger partial charge in [0.25, 0.3) is 0 Å². The molecule has 1 fully saturated rings. The Morgan fingerprint density at radius 1 is 1.07 bits per heavy atom. The summed E-state index contributed by atoms with van der Waals surface area (Å²) in [5, 5.41) is 15.4. The third-order valence-electron chi connectivity index (χ3n) is 5.12. The Morgan fingerprint density at radius 3 is 2.37 bits per heavy atom. The average Bonchev–Trinajstić information content (AvgIpc) is 3.14. The molecule has 0 atom stereocenters. The minimum absolute atomic E-state index is 0.124. The summed E-state index contributed by atoms with van der Waals surface area (Å²) in [5.41, 5.74) is 10.4. The van der Waals surface area contributed by atoms with Crippen LogP contribution in [0.5, 0.6) is 0 Å². The van der Waals surface area contributed by atoms with Crippen molar-refractivity contribution in [2.75, 3.05) is 13.1 Å². The maximum absolute atomic E-state index is 13.4. The Bertz CT molecular complexity index is 927. The van der Waals surface area contributed by atoms with E-state index in [0.717, 1.165) is 54.0 Å². The van der Waals surface area contributed by atoms with Gasteiger partial charge in [-0.2, -0.15) is 5.10 Å². The molecule has 7 heteroatoms. The highest BCUT2D eigenvalue weighted by Gasteiger charge is 2.27. The number of rotatable bonds is 3. The van der Waals surface area contributed by atoms with Crippen molar-refractivity contribution in [1.82, 2.24) is 20.1 Å². The van der Waals surface area contributed by atoms with E-state index in [-0.39, 0.29) is 11.8 Å². The maximum atomic E-state index is 13.4. The highest BCUT2D eigenvalue weighted by atomic mass is 19.1. The zero-order chi connectivity index (χ0) is 18.8. The molecule has 0 spiro atoms. The van der Waals surface area contributed by atoms with Gasteiger partial charge in [0.05, 0.1) is 0 Å². The molecule has 3 aromatic rings. The topological polar surface area (TPSA) is 94.7 Å². The third kappa shape index (κ3) is 3.40. The van der Waals surface area contributed by atoms with Crippen LogP contribution < -0.4 is 5.73 Å². The summed E-state index contributed by atoms with van der Waals surface area (Å²) in [6, 6.07) is 10.3. The summed E-state index contributed by atoms with van der Waals surface area (Å²) >= 11 is 0. The van der Waals surface area contributed by atoms with Gasteiger partial charge in [-0.1, -0.05) is 0 Å². The molecule has 0 radical (unpaired) electrons. The second kappa shape index (κ2) is 7.19. The number of benzene rings is 1. The second-order valence-corrected chi connectivity index (χ2v) is 6.75. The predicted octanol–water partition coefficient (Wildman–Crippen LogP) is 3.35. The molecule has 1 saturated heterocycles. The number of halogens is 1. The lowest BCUT2D eigenvalue weighted by Crippen LogP contribution is -2.41. The highest BCUT2D eigenvalue weighted by molar-refractivity contribution is 5.83. The fourth-order valence-corrected chi connectivity index (χ4v) is 3.69. The number of aromatic amines is 1. The van der Waals surface area contributed by atoms with Crippen LogP contribution in [-0.4, -0.2) is 39.1 Å². The zero-order valence-electron chi connectivity index (χ0n) is 14.8. The van der Waals surface area contributed by atoms with Crippen LogP contribution in [0.1, 0.15) is 24.5 Å². The number of guanidine groups is 1. The van der Waals surface area contributed by atoms with Gasteiger partial charge in [0.15, 0.2) is 5.96 Å². The molecule has 0 saturated carbocycles. The van der Waals surface area contributed by atoms with Gasteiger partial charge < -0.3 is 10.6 Å². The monoisotopic (exact) mass is 364 g/mol. The standard InChI is InChI=1S/C20H21FN6/c21-16-3-1-14(2-4-16)18-17(13-5-9-24-10-6-13)19(26-25-18)15-7-11-27(12-8-15)20(22)23/h1-6,9-10,15H,7-8,11-12H2,(H3,22,23)(H,25,26). The molecule has 27 heavy (non-hydrogen) atoms. The smallest absolute Gasteiger partial charge is 0.188 e. The number of hydrogen-bond donors (Lipinski definition) is 3. The molecule has 4 N–H and O–H groups in total. The number of pyridine rings is 1. The molecular weight excluding hydrogens is 343 g/mol. The van der Waals surface area contributed by atoms with Crippen LogP contribution >= 0.6 is 0 Å². The van der Waals surface area contributed by atoms with Gasteiger partial charge in [0.1, 0.15) is 11.5 Å². The Labute approximate surface area is 156 Å². The van der Waals surface area contributed by atoms with Gasteiger partial charge >= 0.3 is 0 Å². The van der Waals surface area contributed by atoms with Crippen molar-refractivity contribution in [3.05, 3.63) is 60.3 Å². The SMILES string of the molecule is N=C(N)N1CCC(c2[nH]nc(-c3ccc(F)cc3)c2-c2ccncc2)CC1. The summed E-state index contributed by atoms with van der Waals surface area (Å²) in [6.45, 7) is 1.50. The molecule has 0 bridgehead atoms. The number of likely N-dealkylation sites (tertiary alicyclic amines) is 1. The summed E-state index contributed by atoms with van der Waals surface area (Å²) < 4.78 is 13.4. The van der Waals surface area contributed by atoms with E-state index < -0.39 is 0 Å². The lowest BCUT2D eigenvalue weighted by atomic mass is 9.88. The molecule has 138 valence electrons. The normalized spacial score (nSPS) is 15.1. The van der Waals surface area contributed by atoms with Crippen LogP contribution in [0.25, 0.3) is 22.4 Å². The molecule has 3 heterocycles. The van der Waals surface area contributed by atoms with Crippen LogP contribution in [0.15, 0.2) is 48.8 Å². The number of nitrogens with one attached hydrogen (secondary N) is 2. The van der Waals surface area contributed by atoms with Crippen molar-refractivity contribution in [2.45, 2.75) is 18.8 Å². The van der Waals surface area contributed by atoms with Gasteiger partial charge in [-0.25, -0.2) is 4.39 Å². The highest BCUT2D eigenvalue weighted by Crippen LogP contribution is 2.39. The van der Waals surface area contributed by atoms with Gasteiger partial charge in [-0.3, -0.25) is 15.5 Å². The fourth-order valence-electron chi connectivity index (χ4n) is 3.69. The number of hydrogen-bond acceptors (Lipinski definition) is 3. The Hall–Kier alpha value is -3.22. The van der Waals surface area contributed by atoms with Crippen LogP contribution in [0, 0.1) is 11.2 Å². The quantitative estimate of drug-likeness (QED) is 0.491. The first kappa shape index (κ1) is 17.2. The van der Waals surface area contributed by atoms with Crippen molar-refractivity contribution in [2.24, 2.45) is 5.73 Å². The third-order valence-corrected chi connectivity index (χ3v) is 5.12. The van der Waals surface area contributed by atoms with E-state index in [4.69, 9.17) is 11.1 Å². The van der Waals surface area contributed by atoms with E-state index in [1.807, 2.05) is 17.0 Å². The van der Waals surface area contributed by atoms with E-state index in [9.17, 15) is 4.39 Å². The molecule has 0 aliphatic carbocycles. The minimum atomic E-state index is -0.267. The van der Waals surface area contributed by atoms with E-state index in [1.165, 1.54) is 12.1 Å². The summed E-state index contributed by atoms with van der Waals surface area (Å²) in [5.74, 6) is 0.154. The van der Waals surface area contributed by atoms with E-state index >= 15 is 0 Å². The second-order valence-electron chi connectivity index (χ2n) is 6.75. The van der Waals surface area contributed by atoms with Crippen LogP contribution in [0.3, 0.4) is 0 Å². The van der Waals surface area contributed by atoms with Crippen molar-refractivity contribution >= 4 is 5.96 Å². The molecule has 4 rings (SSSR count). The molecule has 0 unspecified atom stereocenters. The molecule has 1 aliphatic rings. The van der Waals surface area contributed by atoms with Crippen LogP contribution in [0.4, 0.5) is 4.39 Å². The first-order valence-corrected chi connectivity index (χ1v) is 8.97. The van der Waals surface area contributed by atoms with Crippen molar-refractivity contribution in [1.29, 1.82) is 5.41 Å². The molecule has 6 nitrogen and oxygen atoms in total. The first-order chi connectivity index (χ1) is 13.1. The summed E-state index contributed by atoms with van der Waals surface area (Å²) in [4.78, 5) is 6.01. The number of aromatic nitrogens is 3. The van der Waals surface area contributed by atoms with Crippen molar-refractivity contribution in [3.63, 3.8) is 0 Å². The lowest BCUT2D eigenvalue weighted by Gasteiger charge is -2.32. The number of piperidine rings is 1. The largest absolute Gasteiger partial charge is 0.370 e. The average molecular weight is 364 g/mol. The Balaban J connectivity index is 1.74. The van der Waals surface area contributed by atoms with Gasteiger partial charge in [0, 0.05) is 48.2 Å². The maximum Gasteiger partial charge on any atom is 0.188 e. The van der Waals surface area contributed by atoms with E-state index in [1.54, 1.807) is 24.5 Å². The van der Waals surface area contributed by atoms with Gasteiger partial charge in [-0.05, 0) is 54.8 Å². The Kier molecular flexibility index (Phi) is 4.58. The fraction of sp³-hybridized carbons (Fsp3) is 0.250.